The number of nitrogens with zero attached hydrogens (tertiary/aromatic N) is 3. The van der Waals surface area contributed by atoms with Crippen LogP contribution < -0.4 is 37.0 Å². The molecule has 2 rings (SSSR count). The summed E-state index contributed by atoms with van der Waals surface area (Å²) in [6, 6.07) is 4.83. The number of aromatic amines is 1. The second kappa shape index (κ2) is 37.7. The van der Waals surface area contributed by atoms with Gasteiger partial charge in [-0.1, -0.05) is 18.6 Å². The van der Waals surface area contributed by atoms with Crippen molar-refractivity contribution in [3.63, 3.8) is 0 Å². The standard InChI is InChI=1S/C48H75N11O16S/c1-2-3-24-50-35-19-16-33(17-20-35)46(67)52-25-5-4-12-38(45(49)66)53-44(65)32-75-29-28-74-27-8-11-36(60)21-22-39(48(70)71)54-42(63)23-18-34(47(68)69)31-37(61)10-7-26-51-41(62)15-9-30-76(72,73)57-43(64)14-6-13-40-55-58-59-56-40/h16-17,19-20,34,38-39,50H,2-15,18,21-32H2,1H3,(H2,49,66)(H,51,62)(H,52,67)(H,53,65)(H,54,63)(H,57,64)(H,68,69)(H,70,71)(H,55,56,58,59)/t34-,38+,39?/m1/s1. The van der Waals surface area contributed by atoms with Crippen molar-refractivity contribution in [2.24, 2.45) is 11.7 Å². The van der Waals surface area contributed by atoms with Gasteiger partial charge in [-0.2, -0.15) is 5.21 Å². The van der Waals surface area contributed by atoms with E-state index in [4.69, 9.17) is 15.2 Å². The first kappa shape index (κ1) is 65.2. The molecule has 0 aliphatic rings. The molecule has 3 atom stereocenters. The molecule has 28 heteroatoms. The van der Waals surface area contributed by atoms with E-state index in [1.54, 1.807) is 12.1 Å². The van der Waals surface area contributed by atoms with Gasteiger partial charge in [-0.05, 0) is 88.5 Å². The van der Waals surface area contributed by atoms with Crippen molar-refractivity contribution < 1.29 is 76.0 Å². The van der Waals surface area contributed by atoms with Crippen molar-refractivity contribution in [3.8, 4) is 0 Å². The number of primary amides is 1. The molecule has 1 aromatic carbocycles. The first-order chi connectivity index (χ1) is 36.3. The smallest absolute Gasteiger partial charge is 0.326 e. The van der Waals surface area contributed by atoms with Gasteiger partial charge >= 0.3 is 11.9 Å². The summed E-state index contributed by atoms with van der Waals surface area (Å²) >= 11 is 0. The second-order valence-corrected chi connectivity index (χ2v) is 19.7. The molecule has 27 nitrogen and oxygen atoms in total. The number of H-pyrrole nitrogens is 1. The summed E-state index contributed by atoms with van der Waals surface area (Å²) in [6.45, 7) is 3.30. The average Bonchev–Trinajstić information content (AvgIpc) is 3.89. The number of carbonyl (C=O) groups excluding carboxylic acids is 8. The summed E-state index contributed by atoms with van der Waals surface area (Å²) in [7, 11) is -3.97. The van der Waals surface area contributed by atoms with Crippen molar-refractivity contribution in [1.29, 1.82) is 0 Å². The molecule has 1 aromatic heterocycles. The Morgan fingerprint density at radius 1 is 0.658 bits per heavy atom. The number of rotatable bonds is 45. The van der Waals surface area contributed by atoms with E-state index in [1.165, 1.54) is 0 Å². The van der Waals surface area contributed by atoms with Gasteiger partial charge in [-0.3, -0.25) is 47.9 Å². The van der Waals surface area contributed by atoms with E-state index < -0.39 is 93.9 Å². The number of unbranched alkanes of at least 4 members (excludes halogenated alkanes) is 2. The third-order valence-corrected chi connectivity index (χ3v) is 12.7. The molecule has 0 radical (unpaired) electrons. The molecule has 1 unspecified atom stereocenters. The van der Waals surface area contributed by atoms with Gasteiger partial charge in [0.1, 0.15) is 30.3 Å². The number of carboxylic acids is 2. The molecular formula is C48H75N11O16S. The molecule has 0 saturated heterocycles. The lowest BCUT2D eigenvalue weighted by molar-refractivity contribution is -0.145. The number of Topliss-reactive ketones (excluding diaryl/α,β-unsaturated/α-hetero) is 2. The van der Waals surface area contributed by atoms with Crippen LogP contribution in [-0.4, -0.2) is 162 Å². The monoisotopic (exact) mass is 1090 g/mol. The zero-order valence-corrected chi connectivity index (χ0v) is 43.9. The first-order valence-corrected chi connectivity index (χ1v) is 27.1. The molecule has 0 saturated carbocycles. The SMILES string of the molecule is CCCCNc1ccc(C(=O)NCCCC[C@H](NC(=O)COCCOCCCC(=O)CCC(NC(=O)CC[C@H](CC(=O)CCCNC(=O)CCCS(=O)(=O)NC(=O)CCCc2nn[nH]n2)C(=O)O)C(=O)O)C(N)=O)cc1. The second-order valence-electron chi connectivity index (χ2n) is 17.8. The van der Waals surface area contributed by atoms with Gasteiger partial charge in [0.2, 0.25) is 39.6 Å². The molecule has 0 aliphatic heterocycles. The van der Waals surface area contributed by atoms with Gasteiger partial charge in [-0.15, -0.1) is 10.2 Å². The highest BCUT2D eigenvalue weighted by Gasteiger charge is 2.25. The number of carbonyl (C=O) groups is 10. The van der Waals surface area contributed by atoms with Crippen LogP contribution in [0.5, 0.6) is 0 Å². The largest absolute Gasteiger partial charge is 0.481 e. The third-order valence-electron chi connectivity index (χ3n) is 11.4. The minimum Gasteiger partial charge on any atom is -0.481 e. The predicted octanol–water partition coefficient (Wildman–Crippen LogP) is 0.600. The Morgan fingerprint density at radius 3 is 2.04 bits per heavy atom. The molecule has 6 amide bonds. The molecule has 0 spiro atoms. The number of hydrogen-bond donors (Lipinski definition) is 10. The van der Waals surface area contributed by atoms with Crippen LogP contribution >= 0.6 is 0 Å². The van der Waals surface area contributed by atoms with Crippen molar-refractivity contribution in [1.82, 2.24) is 46.6 Å². The normalized spacial score (nSPS) is 12.3. The van der Waals surface area contributed by atoms with Crippen LogP contribution in [0.25, 0.3) is 0 Å². The lowest BCUT2D eigenvalue weighted by Crippen LogP contribution is -2.45. The van der Waals surface area contributed by atoms with E-state index in [0.717, 1.165) is 25.1 Å². The van der Waals surface area contributed by atoms with Crippen LogP contribution in [0.1, 0.15) is 139 Å². The lowest BCUT2D eigenvalue weighted by atomic mass is 9.95. The van der Waals surface area contributed by atoms with Crippen molar-refractivity contribution in [3.05, 3.63) is 35.7 Å². The fourth-order valence-corrected chi connectivity index (χ4v) is 8.22. The molecule has 0 aliphatic carbocycles. The Morgan fingerprint density at radius 2 is 1.36 bits per heavy atom. The summed E-state index contributed by atoms with van der Waals surface area (Å²) in [5.74, 6) is -8.27. The van der Waals surface area contributed by atoms with Crippen LogP contribution in [0, 0.1) is 5.92 Å². The van der Waals surface area contributed by atoms with E-state index in [1.807, 2.05) is 16.9 Å². The highest BCUT2D eigenvalue weighted by atomic mass is 32.2. The van der Waals surface area contributed by atoms with Crippen LogP contribution in [0.15, 0.2) is 24.3 Å². The van der Waals surface area contributed by atoms with Gasteiger partial charge < -0.3 is 52.0 Å². The number of nitrogens with one attached hydrogen (secondary N) is 7. The Labute approximate surface area is 441 Å². The van der Waals surface area contributed by atoms with Crippen molar-refractivity contribution >= 4 is 74.7 Å². The van der Waals surface area contributed by atoms with Gasteiger partial charge in [0.05, 0.1) is 24.9 Å². The summed E-state index contributed by atoms with van der Waals surface area (Å²) in [6.07, 6.45) is 2.66. The zero-order valence-electron chi connectivity index (χ0n) is 43.1. The Bertz CT molecular complexity index is 2270. The summed E-state index contributed by atoms with van der Waals surface area (Å²) in [5.41, 5.74) is 6.93. The molecule has 0 fully saturated rings. The van der Waals surface area contributed by atoms with Crippen molar-refractivity contribution in [2.45, 2.75) is 141 Å². The summed E-state index contributed by atoms with van der Waals surface area (Å²) in [4.78, 5) is 122. The van der Waals surface area contributed by atoms with Gasteiger partial charge in [0, 0.05) is 88.9 Å². The fraction of sp³-hybridized carbons (Fsp3) is 0.646. The summed E-state index contributed by atoms with van der Waals surface area (Å²) in [5, 5.41) is 45.9. The fourth-order valence-electron chi connectivity index (χ4n) is 7.15. The maximum absolute atomic E-state index is 12.6. The number of ketones is 2. The number of benzene rings is 1. The van der Waals surface area contributed by atoms with Gasteiger partial charge in [-0.25, -0.2) is 13.2 Å². The van der Waals surface area contributed by atoms with Crippen molar-refractivity contribution in [2.75, 3.05) is 57.1 Å². The van der Waals surface area contributed by atoms with E-state index in [0.29, 0.717) is 50.0 Å². The van der Waals surface area contributed by atoms with Crippen LogP contribution in [0.3, 0.4) is 0 Å². The van der Waals surface area contributed by atoms with Crippen LogP contribution in [0.4, 0.5) is 5.69 Å². The highest BCUT2D eigenvalue weighted by Crippen LogP contribution is 2.15. The minimum atomic E-state index is -3.97. The maximum atomic E-state index is 12.6. The number of carboxylic acid groups (broad SMARTS) is 2. The molecule has 76 heavy (non-hydrogen) atoms. The highest BCUT2D eigenvalue weighted by molar-refractivity contribution is 7.90. The zero-order chi connectivity index (χ0) is 56.1. The van der Waals surface area contributed by atoms with Crippen LogP contribution in [-0.2, 0) is 69.1 Å². The Balaban J connectivity index is 1.53. The number of anilines is 1. The Hall–Kier alpha value is -6.94. The molecule has 2 aromatic rings. The van der Waals surface area contributed by atoms with E-state index in [9.17, 15) is 66.6 Å². The number of nitrogens with two attached hydrogens (primary N) is 1. The van der Waals surface area contributed by atoms with Gasteiger partial charge in [0.15, 0.2) is 5.82 Å². The number of amides is 6. The van der Waals surface area contributed by atoms with E-state index in [2.05, 4.69) is 54.1 Å². The summed E-state index contributed by atoms with van der Waals surface area (Å²) < 4.78 is 37.1. The number of hydrogen-bond acceptors (Lipinski definition) is 18. The predicted molar refractivity (Wildman–Crippen MR) is 272 cm³/mol. The molecule has 1 heterocycles. The molecule has 0 bridgehead atoms. The first-order valence-electron chi connectivity index (χ1n) is 25.4. The number of aromatic nitrogens is 4. The number of aliphatic carboxylic acids is 2. The maximum Gasteiger partial charge on any atom is 0.326 e. The number of sulfonamides is 1. The van der Waals surface area contributed by atoms with E-state index >= 15 is 0 Å². The topological polar surface area (TPSA) is 416 Å². The quantitative estimate of drug-likeness (QED) is 0.0406. The van der Waals surface area contributed by atoms with Crippen LogP contribution in [0.2, 0.25) is 0 Å². The number of ether oxygens (including phenoxy) is 2. The average molecular weight is 1090 g/mol. The lowest BCUT2D eigenvalue weighted by Gasteiger charge is -2.16. The molecule has 11 N–H and O–H groups in total. The number of aryl methyl sites for hydroxylation is 1. The van der Waals surface area contributed by atoms with Gasteiger partial charge in [0.25, 0.3) is 5.91 Å². The third kappa shape index (κ3) is 31.1. The minimum absolute atomic E-state index is 0.0329. The molecular weight excluding hydrogens is 1020 g/mol. The molecule has 424 valence electrons. The van der Waals surface area contributed by atoms with E-state index in [-0.39, 0.29) is 109 Å². The number of tetrazole rings is 1. The Kier molecular flexibility index (Phi) is 32.4.